The molecule has 1 heterocycles. The molecule has 104 valence electrons. The Morgan fingerprint density at radius 1 is 1.53 bits per heavy atom. The van der Waals surface area contributed by atoms with E-state index in [0.717, 1.165) is 12.8 Å². The number of hydrogen-bond donors (Lipinski definition) is 1. The fraction of sp³-hybridized carbons (Fsp3) is 0.533. The maximum absolute atomic E-state index is 13.5. The Kier molecular flexibility index (Phi) is 4.53. The molecule has 4 heteroatoms. The highest BCUT2D eigenvalue weighted by Gasteiger charge is 2.29. The number of likely N-dealkylation sites (tertiary alicyclic amines) is 1. The molecular formula is C15H20FNO2. The van der Waals surface area contributed by atoms with Crippen LogP contribution in [0.4, 0.5) is 4.39 Å². The molecule has 1 saturated heterocycles. The summed E-state index contributed by atoms with van der Waals surface area (Å²) in [7, 11) is 0. The van der Waals surface area contributed by atoms with Crippen molar-refractivity contribution in [2.75, 3.05) is 6.54 Å². The number of amides is 1. The smallest absolute Gasteiger partial charge is 0.227 e. The average Bonchev–Trinajstić information content (AvgIpc) is 2.79. The van der Waals surface area contributed by atoms with Crippen LogP contribution < -0.4 is 0 Å². The topological polar surface area (TPSA) is 40.5 Å². The molecule has 1 amide bonds. The van der Waals surface area contributed by atoms with Gasteiger partial charge in [0.1, 0.15) is 5.82 Å². The quantitative estimate of drug-likeness (QED) is 0.906. The van der Waals surface area contributed by atoms with E-state index in [0.29, 0.717) is 18.5 Å². The van der Waals surface area contributed by atoms with E-state index in [1.165, 1.54) is 6.07 Å². The summed E-state index contributed by atoms with van der Waals surface area (Å²) < 4.78 is 13.5. The fourth-order valence-electron chi connectivity index (χ4n) is 2.71. The van der Waals surface area contributed by atoms with Crippen LogP contribution in [-0.2, 0) is 11.2 Å². The maximum Gasteiger partial charge on any atom is 0.227 e. The van der Waals surface area contributed by atoms with Gasteiger partial charge in [0.15, 0.2) is 0 Å². The highest BCUT2D eigenvalue weighted by molar-refractivity contribution is 5.79. The number of rotatable bonds is 4. The lowest BCUT2D eigenvalue weighted by molar-refractivity contribution is -0.131. The van der Waals surface area contributed by atoms with Crippen molar-refractivity contribution in [3.8, 4) is 0 Å². The van der Waals surface area contributed by atoms with Crippen molar-refractivity contribution in [3.05, 3.63) is 35.6 Å². The van der Waals surface area contributed by atoms with E-state index in [1.807, 2.05) is 0 Å². The monoisotopic (exact) mass is 265 g/mol. The van der Waals surface area contributed by atoms with E-state index in [2.05, 4.69) is 0 Å². The van der Waals surface area contributed by atoms with Gasteiger partial charge in [-0.1, -0.05) is 18.2 Å². The number of carbonyl (C=O) groups excluding carboxylic acids is 1. The zero-order valence-electron chi connectivity index (χ0n) is 11.2. The van der Waals surface area contributed by atoms with Gasteiger partial charge in [-0.25, -0.2) is 4.39 Å². The number of benzene rings is 1. The number of aliphatic hydroxyl groups is 1. The molecule has 0 aliphatic carbocycles. The van der Waals surface area contributed by atoms with E-state index in [-0.39, 0.29) is 24.2 Å². The van der Waals surface area contributed by atoms with E-state index in [9.17, 15) is 14.3 Å². The highest BCUT2D eigenvalue weighted by atomic mass is 19.1. The van der Waals surface area contributed by atoms with Crippen molar-refractivity contribution in [1.82, 2.24) is 4.90 Å². The number of aliphatic hydroxyl groups excluding tert-OH is 1. The van der Waals surface area contributed by atoms with Crippen LogP contribution in [0.25, 0.3) is 0 Å². The summed E-state index contributed by atoms with van der Waals surface area (Å²) in [6.45, 7) is 2.45. The summed E-state index contributed by atoms with van der Waals surface area (Å²) in [4.78, 5) is 14.0. The third-order valence-corrected chi connectivity index (χ3v) is 3.61. The minimum Gasteiger partial charge on any atom is -0.393 e. The van der Waals surface area contributed by atoms with Gasteiger partial charge in [0.05, 0.1) is 12.5 Å². The summed E-state index contributed by atoms with van der Waals surface area (Å²) in [5.74, 6) is -0.379. The zero-order valence-corrected chi connectivity index (χ0v) is 11.2. The zero-order chi connectivity index (χ0) is 13.8. The second kappa shape index (κ2) is 6.15. The summed E-state index contributed by atoms with van der Waals surface area (Å²) >= 11 is 0. The van der Waals surface area contributed by atoms with Crippen molar-refractivity contribution in [3.63, 3.8) is 0 Å². The van der Waals surface area contributed by atoms with Crippen LogP contribution in [0, 0.1) is 5.82 Å². The van der Waals surface area contributed by atoms with Crippen molar-refractivity contribution in [2.24, 2.45) is 0 Å². The molecule has 2 atom stereocenters. The summed E-state index contributed by atoms with van der Waals surface area (Å²) in [5.41, 5.74) is 0.440. The van der Waals surface area contributed by atoms with Gasteiger partial charge in [0.2, 0.25) is 5.91 Å². The first kappa shape index (κ1) is 14.0. The Morgan fingerprint density at radius 3 is 2.95 bits per heavy atom. The molecule has 0 saturated carbocycles. The average molecular weight is 265 g/mol. The van der Waals surface area contributed by atoms with E-state index in [1.54, 1.807) is 30.0 Å². The highest BCUT2D eigenvalue weighted by Crippen LogP contribution is 2.22. The van der Waals surface area contributed by atoms with Crippen LogP contribution in [0.15, 0.2) is 24.3 Å². The normalized spacial score (nSPS) is 20.6. The van der Waals surface area contributed by atoms with Crippen molar-refractivity contribution in [2.45, 2.75) is 44.8 Å². The van der Waals surface area contributed by atoms with E-state index >= 15 is 0 Å². The fourth-order valence-corrected chi connectivity index (χ4v) is 2.71. The molecular weight excluding hydrogens is 245 g/mol. The standard InChI is InChI=1S/C15H20FNO2/c1-11(18)9-13-6-4-8-17(13)15(19)10-12-5-2-3-7-14(12)16/h2-3,5,7,11,13,18H,4,6,8-10H2,1H3. The molecule has 1 fully saturated rings. The molecule has 0 radical (unpaired) electrons. The summed E-state index contributed by atoms with van der Waals surface area (Å²) in [6.07, 6.45) is 2.17. The number of carbonyl (C=O) groups is 1. The molecule has 1 aromatic carbocycles. The Balaban J connectivity index is 2.01. The Morgan fingerprint density at radius 2 is 2.26 bits per heavy atom. The first-order valence-electron chi connectivity index (χ1n) is 6.79. The van der Waals surface area contributed by atoms with Crippen LogP contribution in [-0.4, -0.2) is 34.6 Å². The van der Waals surface area contributed by atoms with Gasteiger partial charge in [-0.15, -0.1) is 0 Å². The molecule has 0 aromatic heterocycles. The lowest BCUT2D eigenvalue weighted by Crippen LogP contribution is -2.38. The number of halogens is 1. The molecule has 0 spiro atoms. The molecule has 0 bridgehead atoms. The van der Waals surface area contributed by atoms with Crippen LogP contribution in [0.2, 0.25) is 0 Å². The summed E-state index contributed by atoms with van der Waals surface area (Å²) in [6, 6.07) is 6.48. The Hall–Kier alpha value is -1.42. The minimum atomic E-state index is -0.410. The first-order valence-corrected chi connectivity index (χ1v) is 6.79. The van der Waals surface area contributed by atoms with Gasteiger partial charge in [-0.05, 0) is 37.8 Å². The third-order valence-electron chi connectivity index (χ3n) is 3.61. The van der Waals surface area contributed by atoms with Crippen LogP contribution >= 0.6 is 0 Å². The number of hydrogen-bond acceptors (Lipinski definition) is 2. The SMILES string of the molecule is CC(O)CC1CCCN1C(=O)Cc1ccccc1F. The Bertz CT molecular complexity index is 448. The van der Waals surface area contributed by atoms with Gasteiger partial charge < -0.3 is 10.0 Å². The van der Waals surface area contributed by atoms with Crippen molar-refractivity contribution < 1.29 is 14.3 Å². The molecule has 1 aromatic rings. The second-order valence-electron chi connectivity index (χ2n) is 5.24. The minimum absolute atomic E-state index is 0.0479. The van der Waals surface area contributed by atoms with Crippen molar-refractivity contribution in [1.29, 1.82) is 0 Å². The van der Waals surface area contributed by atoms with Gasteiger partial charge >= 0.3 is 0 Å². The molecule has 2 unspecified atom stereocenters. The van der Waals surface area contributed by atoms with Gasteiger partial charge in [-0.3, -0.25) is 4.79 Å². The van der Waals surface area contributed by atoms with Crippen molar-refractivity contribution >= 4 is 5.91 Å². The molecule has 1 N–H and O–H groups in total. The lowest BCUT2D eigenvalue weighted by atomic mass is 10.1. The predicted octanol–water partition coefficient (Wildman–Crippen LogP) is 2.13. The van der Waals surface area contributed by atoms with Gasteiger partial charge in [0, 0.05) is 12.6 Å². The molecule has 2 rings (SSSR count). The molecule has 1 aliphatic rings. The predicted molar refractivity (Wildman–Crippen MR) is 71.1 cm³/mol. The van der Waals surface area contributed by atoms with Crippen LogP contribution in [0.1, 0.15) is 31.7 Å². The summed E-state index contributed by atoms with van der Waals surface area (Å²) in [5, 5.41) is 9.45. The third kappa shape index (κ3) is 3.53. The van der Waals surface area contributed by atoms with Gasteiger partial charge in [0.25, 0.3) is 0 Å². The molecule has 1 aliphatic heterocycles. The van der Waals surface area contributed by atoms with Gasteiger partial charge in [-0.2, -0.15) is 0 Å². The van der Waals surface area contributed by atoms with E-state index in [4.69, 9.17) is 0 Å². The number of nitrogens with zero attached hydrogens (tertiary/aromatic N) is 1. The first-order chi connectivity index (χ1) is 9.08. The maximum atomic E-state index is 13.5. The molecule has 3 nitrogen and oxygen atoms in total. The molecule has 19 heavy (non-hydrogen) atoms. The largest absolute Gasteiger partial charge is 0.393 e. The lowest BCUT2D eigenvalue weighted by Gasteiger charge is -2.25. The van der Waals surface area contributed by atoms with Crippen LogP contribution in [0.3, 0.4) is 0 Å². The second-order valence-corrected chi connectivity index (χ2v) is 5.24. The Labute approximate surface area is 113 Å². The van der Waals surface area contributed by atoms with E-state index < -0.39 is 6.10 Å². The van der Waals surface area contributed by atoms with Crippen LogP contribution in [0.5, 0.6) is 0 Å².